The maximum absolute atomic E-state index is 11.8. The summed E-state index contributed by atoms with van der Waals surface area (Å²) in [7, 11) is -3.05. The zero-order valence-electron chi connectivity index (χ0n) is 13.5. The Morgan fingerprint density at radius 2 is 2.00 bits per heavy atom. The van der Waals surface area contributed by atoms with Gasteiger partial charge in [0.25, 0.3) is 0 Å². The normalized spacial score (nSPS) is 11.9. The van der Waals surface area contributed by atoms with Crippen LogP contribution in [0.5, 0.6) is 5.75 Å². The number of benzene rings is 1. The predicted molar refractivity (Wildman–Crippen MR) is 87.6 cm³/mol. The molecule has 0 atom stereocenters. The van der Waals surface area contributed by atoms with Crippen molar-refractivity contribution in [3.05, 3.63) is 29.3 Å². The first-order valence-corrected chi connectivity index (χ1v) is 9.23. The first kappa shape index (κ1) is 18.0. The summed E-state index contributed by atoms with van der Waals surface area (Å²) in [5, 5.41) is 2.99. The molecule has 0 saturated carbocycles. The molecule has 0 aliphatic carbocycles. The summed E-state index contributed by atoms with van der Waals surface area (Å²) in [5.74, 6) is 0.823. The highest BCUT2D eigenvalue weighted by Gasteiger charge is 2.16. The lowest BCUT2D eigenvalue weighted by atomic mass is 10.1. The Labute approximate surface area is 128 Å². The van der Waals surface area contributed by atoms with E-state index in [2.05, 4.69) is 18.3 Å². The van der Waals surface area contributed by atoms with E-state index in [4.69, 9.17) is 4.74 Å². The van der Waals surface area contributed by atoms with E-state index in [1.807, 2.05) is 19.1 Å². The molecule has 0 unspecified atom stereocenters. The number of nitrogens with one attached hydrogen (secondary N) is 1. The van der Waals surface area contributed by atoms with Crippen LogP contribution in [-0.4, -0.2) is 32.6 Å². The van der Waals surface area contributed by atoms with Crippen LogP contribution in [0.4, 0.5) is 0 Å². The van der Waals surface area contributed by atoms with Crippen LogP contribution in [0.3, 0.4) is 0 Å². The zero-order chi connectivity index (χ0) is 15.9. The average molecular weight is 313 g/mol. The SMILES string of the molecule is CCCNCc1cc(C)ccc1OCCS(=O)(=O)C(C)C. The van der Waals surface area contributed by atoms with Crippen LogP contribution in [0.25, 0.3) is 0 Å². The van der Waals surface area contributed by atoms with Gasteiger partial charge in [0, 0.05) is 12.1 Å². The van der Waals surface area contributed by atoms with Gasteiger partial charge in [-0.3, -0.25) is 0 Å². The van der Waals surface area contributed by atoms with Crippen molar-refractivity contribution in [1.29, 1.82) is 0 Å². The van der Waals surface area contributed by atoms with Crippen molar-refractivity contribution >= 4 is 9.84 Å². The minimum atomic E-state index is -3.05. The van der Waals surface area contributed by atoms with E-state index in [0.29, 0.717) is 0 Å². The summed E-state index contributed by atoms with van der Waals surface area (Å²) in [6.45, 7) is 9.44. The van der Waals surface area contributed by atoms with Crippen molar-refractivity contribution in [1.82, 2.24) is 5.32 Å². The molecule has 1 rings (SSSR count). The van der Waals surface area contributed by atoms with Gasteiger partial charge in [0.15, 0.2) is 9.84 Å². The molecular weight excluding hydrogens is 286 g/mol. The summed E-state index contributed by atoms with van der Waals surface area (Å²) in [6.07, 6.45) is 1.08. The van der Waals surface area contributed by atoms with Gasteiger partial charge >= 0.3 is 0 Å². The Balaban J connectivity index is 2.65. The maximum atomic E-state index is 11.8. The monoisotopic (exact) mass is 313 g/mol. The molecule has 0 aliphatic rings. The highest BCUT2D eigenvalue weighted by Crippen LogP contribution is 2.20. The van der Waals surface area contributed by atoms with E-state index in [9.17, 15) is 8.42 Å². The molecule has 21 heavy (non-hydrogen) atoms. The Bertz CT molecular complexity index is 538. The van der Waals surface area contributed by atoms with Gasteiger partial charge in [0.05, 0.1) is 11.0 Å². The number of hydrogen-bond donors (Lipinski definition) is 1. The lowest BCUT2D eigenvalue weighted by molar-refractivity contribution is 0.335. The molecule has 0 saturated heterocycles. The molecule has 0 amide bonds. The van der Waals surface area contributed by atoms with Crippen molar-refractivity contribution in [2.24, 2.45) is 0 Å². The molecular formula is C16H27NO3S. The third kappa shape index (κ3) is 6.06. The second-order valence-corrected chi connectivity index (χ2v) is 8.23. The molecule has 5 heteroatoms. The molecule has 1 aromatic carbocycles. The number of rotatable bonds is 9. The molecule has 0 aliphatic heterocycles. The lowest BCUT2D eigenvalue weighted by Gasteiger charge is -2.14. The van der Waals surface area contributed by atoms with E-state index >= 15 is 0 Å². The van der Waals surface area contributed by atoms with Crippen molar-refractivity contribution < 1.29 is 13.2 Å². The summed E-state index contributed by atoms with van der Waals surface area (Å²) in [4.78, 5) is 0. The molecule has 1 N–H and O–H groups in total. The molecule has 0 heterocycles. The minimum Gasteiger partial charge on any atom is -0.492 e. The standard InChI is InChI=1S/C16H27NO3S/c1-5-8-17-12-15-11-14(4)6-7-16(15)20-9-10-21(18,19)13(2)3/h6-7,11,13,17H,5,8-10,12H2,1-4H3. The summed E-state index contributed by atoms with van der Waals surface area (Å²) in [6, 6.07) is 5.98. The fourth-order valence-corrected chi connectivity index (χ4v) is 2.68. The summed E-state index contributed by atoms with van der Waals surface area (Å²) >= 11 is 0. The Morgan fingerprint density at radius 3 is 2.62 bits per heavy atom. The van der Waals surface area contributed by atoms with Crippen LogP contribution in [0.15, 0.2) is 18.2 Å². The zero-order valence-corrected chi connectivity index (χ0v) is 14.3. The number of ether oxygens (including phenoxy) is 1. The van der Waals surface area contributed by atoms with Crippen molar-refractivity contribution in [2.45, 2.75) is 45.9 Å². The Morgan fingerprint density at radius 1 is 1.29 bits per heavy atom. The van der Waals surface area contributed by atoms with Gasteiger partial charge < -0.3 is 10.1 Å². The number of hydrogen-bond acceptors (Lipinski definition) is 4. The van der Waals surface area contributed by atoms with Gasteiger partial charge in [0.2, 0.25) is 0 Å². The van der Waals surface area contributed by atoms with Crippen LogP contribution in [0.2, 0.25) is 0 Å². The molecule has 4 nitrogen and oxygen atoms in total. The Hall–Kier alpha value is -1.07. The summed E-state index contributed by atoms with van der Waals surface area (Å²) < 4.78 is 29.2. The second-order valence-electron chi connectivity index (χ2n) is 5.55. The Kier molecular flexibility index (Phi) is 7.18. The number of aryl methyl sites for hydroxylation is 1. The number of sulfone groups is 1. The topological polar surface area (TPSA) is 55.4 Å². The highest BCUT2D eigenvalue weighted by molar-refractivity contribution is 7.91. The third-order valence-electron chi connectivity index (χ3n) is 3.30. The van der Waals surface area contributed by atoms with Crippen molar-refractivity contribution in [3.8, 4) is 5.75 Å². The molecule has 120 valence electrons. The van der Waals surface area contributed by atoms with Gasteiger partial charge in [-0.05, 0) is 39.8 Å². The van der Waals surface area contributed by atoms with Crippen LogP contribution >= 0.6 is 0 Å². The predicted octanol–water partition coefficient (Wildman–Crippen LogP) is 2.70. The second kappa shape index (κ2) is 8.39. The molecule has 0 fully saturated rings. The smallest absolute Gasteiger partial charge is 0.155 e. The first-order valence-electron chi connectivity index (χ1n) is 7.51. The van der Waals surface area contributed by atoms with Crippen LogP contribution in [0.1, 0.15) is 38.3 Å². The molecule has 0 radical (unpaired) electrons. The first-order chi connectivity index (χ1) is 9.86. The van der Waals surface area contributed by atoms with Crippen LogP contribution < -0.4 is 10.1 Å². The largest absolute Gasteiger partial charge is 0.492 e. The van der Waals surface area contributed by atoms with E-state index in [-0.39, 0.29) is 17.6 Å². The molecule has 0 spiro atoms. The van der Waals surface area contributed by atoms with Gasteiger partial charge in [-0.1, -0.05) is 24.6 Å². The van der Waals surface area contributed by atoms with Gasteiger partial charge in [0.1, 0.15) is 12.4 Å². The van der Waals surface area contributed by atoms with Crippen LogP contribution in [-0.2, 0) is 16.4 Å². The lowest BCUT2D eigenvalue weighted by Crippen LogP contribution is -2.22. The fourth-order valence-electron chi connectivity index (χ4n) is 1.89. The van der Waals surface area contributed by atoms with E-state index < -0.39 is 9.84 Å². The molecule has 0 bridgehead atoms. The average Bonchev–Trinajstić information content (AvgIpc) is 2.41. The molecule has 1 aromatic rings. The van der Waals surface area contributed by atoms with E-state index in [0.717, 1.165) is 30.8 Å². The minimum absolute atomic E-state index is 0.0559. The highest BCUT2D eigenvalue weighted by atomic mass is 32.2. The van der Waals surface area contributed by atoms with Crippen molar-refractivity contribution in [3.63, 3.8) is 0 Å². The van der Waals surface area contributed by atoms with Gasteiger partial charge in [-0.25, -0.2) is 8.42 Å². The van der Waals surface area contributed by atoms with Crippen molar-refractivity contribution in [2.75, 3.05) is 18.9 Å². The quantitative estimate of drug-likeness (QED) is 0.712. The van der Waals surface area contributed by atoms with Gasteiger partial charge in [-0.15, -0.1) is 0 Å². The fraction of sp³-hybridized carbons (Fsp3) is 0.625. The van der Waals surface area contributed by atoms with E-state index in [1.165, 1.54) is 5.56 Å². The third-order valence-corrected chi connectivity index (χ3v) is 5.47. The van der Waals surface area contributed by atoms with Crippen LogP contribution in [0, 0.1) is 6.92 Å². The summed E-state index contributed by atoms with van der Waals surface area (Å²) in [5.41, 5.74) is 2.25. The van der Waals surface area contributed by atoms with E-state index in [1.54, 1.807) is 13.8 Å². The molecule has 0 aromatic heterocycles. The van der Waals surface area contributed by atoms with Gasteiger partial charge in [-0.2, -0.15) is 0 Å². The maximum Gasteiger partial charge on any atom is 0.155 e.